The molecule has 0 amide bonds. The second-order valence-electron chi connectivity index (χ2n) is 3.03. The average molecular weight is 185 g/mol. The lowest BCUT2D eigenvalue weighted by Crippen LogP contribution is -2.27. The van der Waals surface area contributed by atoms with E-state index in [0.717, 1.165) is 6.42 Å². The third-order valence-electron chi connectivity index (χ3n) is 1.98. The van der Waals surface area contributed by atoms with Crippen LogP contribution in [0.25, 0.3) is 0 Å². The second-order valence-corrected chi connectivity index (χ2v) is 3.03. The van der Waals surface area contributed by atoms with Crippen LogP contribution >= 0.6 is 0 Å². The summed E-state index contributed by atoms with van der Waals surface area (Å²) in [5.41, 5.74) is 5.83. The van der Waals surface area contributed by atoms with Gasteiger partial charge in [0, 0.05) is 12.7 Å². The zero-order valence-corrected chi connectivity index (χ0v) is 7.06. The number of esters is 1. The SMILES string of the molecule is NC1=CC(=O)OC1OC1CCOC1. The van der Waals surface area contributed by atoms with E-state index in [1.165, 1.54) is 6.08 Å². The minimum Gasteiger partial charge on any atom is -0.426 e. The quantitative estimate of drug-likeness (QED) is 0.588. The molecule has 2 unspecified atom stereocenters. The Morgan fingerprint density at radius 3 is 3.00 bits per heavy atom. The van der Waals surface area contributed by atoms with Gasteiger partial charge in [0.25, 0.3) is 0 Å². The normalized spacial score (nSPS) is 33.2. The van der Waals surface area contributed by atoms with Gasteiger partial charge in [-0.15, -0.1) is 0 Å². The van der Waals surface area contributed by atoms with E-state index in [2.05, 4.69) is 0 Å². The third kappa shape index (κ3) is 1.81. The lowest BCUT2D eigenvalue weighted by molar-refractivity contribution is -0.168. The molecule has 1 fully saturated rings. The van der Waals surface area contributed by atoms with Crippen LogP contribution in [0.2, 0.25) is 0 Å². The van der Waals surface area contributed by atoms with Gasteiger partial charge < -0.3 is 19.9 Å². The first-order valence-electron chi connectivity index (χ1n) is 4.16. The Labute approximate surface area is 75.4 Å². The van der Waals surface area contributed by atoms with Crippen molar-refractivity contribution in [2.45, 2.75) is 18.8 Å². The molecule has 2 rings (SSSR count). The molecule has 2 atom stereocenters. The third-order valence-corrected chi connectivity index (χ3v) is 1.98. The summed E-state index contributed by atoms with van der Waals surface area (Å²) in [6.45, 7) is 1.23. The Bertz CT molecular complexity index is 245. The zero-order chi connectivity index (χ0) is 9.26. The first-order chi connectivity index (χ1) is 6.25. The minimum atomic E-state index is -0.709. The second kappa shape index (κ2) is 3.35. The summed E-state index contributed by atoms with van der Waals surface area (Å²) in [5.74, 6) is -0.443. The molecule has 0 saturated carbocycles. The van der Waals surface area contributed by atoms with Crippen molar-refractivity contribution >= 4 is 5.97 Å². The molecule has 0 radical (unpaired) electrons. The Balaban J connectivity index is 1.88. The fraction of sp³-hybridized carbons (Fsp3) is 0.625. The smallest absolute Gasteiger partial charge is 0.335 e. The highest BCUT2D eigenvalue weighted by atomic mass is 16.7. The number of carbonyl (C=O) groups is 1. The van der Waals surface area contributed by atoms with Crippen LogP contribution in [0, 0.1) is 0 Å². The number of ether oxygens (including phenoxy) is 3. The van der Waals surface area contributed by atoms with Gasteiger partial charge in [0.2, 0.25) is 6.29 Å². The zero-order valence-electron chi connectivity index (χ0n) is 7.06. The summed E-state index contributed by atoms with van der Waals surface area (Å²) in [7, 11) is 0. The number of hydrogen-bond acceptors (Lipinski definition) is 5. The summed E-state index contributed by atoms with van der Waals surface area (Å²) in [4.78, 5) is 10.7. The van der Waals surface area contributed by atoms with Crippen LogP contribution in [0.15, 0.2) is 11.8 Å². The molecule has 0 bridgehead atoms. The monoisotopic (exact) mass is 185 g/mol. The fourth-order valence-electron chi connectivity index (χ4n) is 1.31. The van der Waals surface area contributed by atoms with Gasteiger partial charge in [-0.1, -0.05) is 0 Å². The van der Waals surface area contributed by atoms with E-state index in [1.54, 1.807) is 0 Å². The topological polar surface area (TPSA) is 70.8 Å². The molecule has 1 saturated heterocycles. The van der Waals surface area contributed by atoms with Gasteiger partial charge in [-0.3, -0.25) is 0 Å². The largest absolute Gasteiger partial charge is 0.426 e. The molecular weight excluding hydrogens is 174 g/mol. The maximum atomic E-state index is 10.7. The van der Waals surface area contributed by atoms with E-state index in [1.807, 2.05) is 0 Å². The molecule has 0 aliphatic carbocycles. The first kappa shape index (κ1) is 8.52. The van der Waals surface area contributed by atoms with Crippen LogP contribution in [0.1, 0.15) is 6.42 Å². The van der Waals surface area contributed by atoms with Gasteiger partial charge in [-0.25, -0.2) is 4.79 Å². The summed E-state index contributed by atoms with van der Waals surface area (Å²) in [6.07, 6.45) is 1.34. The molecule has 0 aromatic carbocycles. The molecule has 0 aromatic heterocycles. The van der Waals surface area contributed by atoms with Crippen LogP contribution < -0.4 is 5.73 Å². The van der Waals surface area contributed by atoms with Gasteiger partial charge in [-0.2, -0.15) is 0 Å². The van der Waals surface area contributed by atoms with Crippen molar-refractivity contribution in [3.8, 4) is 0 Å². The summed E-state index contributed by atoms with van der Waals surface area (Å²) < 4.78 is 15.3. The maximum absolute atomic E-state index is 10.7. The highest BCUT2D eigenvalue weighted by Crippen LogP contribution is 2.18. The molecule has 2 aliphatic heterocycles. The number of hydrogen-bond donors (Lipinski definition) is 1. The lowest BCUT2D eigenvalue weighted by Gasteiger charge is -2.16. The van der Waals surface area contributed by atoms with Crippen molar-refractivity contribution < 1.29 is 19.0 Å². The average Bonchev–Trinajstić information content (AvgIpc) is 2.63. The molecule has 5 nitrogen and oxygen atoms in total. The van der Waals surface area contributed by atoms with Gasteiger partial charge in [-0.05, 0) is 6.42 Å². The van der Waals surface area contributed by atoms with Crippen molar-refractivity contribution in [3.05, 3.63) is 11.8 Å². The van der Waals surface area contributed by atoms with Crippen molar-refractivity contribution in [3.63, 3.8) is 0 Å². The van der Waals surface area contributed by atoms with Crippen LogP contribution in [-0.2, 0) is 19.0 Å². The molecule has 72 valence electrons. The fourth-order valence-corrected chi connectivity index (χ4v) is 1.31. The van der Waals surface area contributed by atoms with Crippen LogP contribution in [-0.4, -0.2) is 31.6 Å². The van der Waals surface area contributed by atoms with E-state index >= 15 is 0 Å². The lowest BCUT2D eigenvalue weighted by atomic mass is 10.3. The highest BCUT2D eigenvalue weighted by molar-refractivity contribution is 5.85. The van der Waals surface area contributed by atoms with Crippen LogP contribution in [0.3, 0.4) is 0 Å². The number of cyclic esters (lactones) is 1. The standard InChI is InChI=1S/C8H11NO4/c9-6-3-7(10)13-8(6)12-5-1-2-11-4-5/h3,5,8H,1-2,4,9H2. The van der Waals surface area contributed by atoms with Crippen molar-refractivity contribution in [1.82, 2.24) is 0 Å². The van der Waals surface area contributed by atoms with Gasteiger partial charge in [0.15, 0.2) is 0 Å². The summed E-state index contributed by atoms with van der Waals surface area (Å²) in [5, 5.41) is 0. The molecule has 2 heterocycles. The predicted octanol–water partition coefficient (Wildman–Crippen LogP) is -0.483. The minimum absolute atomic E-state index is 0.0113. The number of carbonyl (C=O) groups excluding carboxylic acids is 1. The summed E-state index contributed by atoms with van der Waals surface area (Å²) >= 11 is 0. The Kier molecular flexibility index (Phi) is 2.20. The van der Waals surface area contributed by atoms with Gasteiger partial charge >= 0.3 is 5.97 Å². The molecule has 2 N–H and O–H groups in total. The number of rotatable bonds is 2. The molecular formula is C8H11NO4. The van der Waals surface area contributed by atoms with Crippen molar-refractivity contribution in [2.24, 2.45) is 5.73 Å². The van der Waals surface area contributed by atoms with E-state index < -0.39 is 12.3 Å². The first-order valence-corrected chi connectivity index (χ1v) is 4.16. The van der Waals surface area contributed by atoms with E-state index in [9.17, 15) is 4.79 Å². The van der Waals surface area contributed by atoms with Crippen molar-refractivity contribution in [2.75, 3.05) is 13.2 Å². The Morgan fingerprint density at radius 1 is 1.62 bits per heavy atom. The molecule has 5 heteroatoms. The maximum Gasteiger partial charge on any atom is 0.335 e. The van der Waals surface area contributed by atoms with Crippen LogP contribution in [0.5, 0.6) is 0 Å². The number of nitrogens with two attached hydrogens (primary N) is 1. The van der Waals surface area contributed by atoms with E-state index in [0.29, 0.717) is 18.9 Å². The highest BCUT2D eigenvalue weighted by Gasteiger charge is 2.29. The predicted molar refractivity (Wildman–Crippen MR) is 42.5 cm³/mol. The van der Waals surface area contributed by atoms with Crippen LogP contribution in [0.4, 0.5) is 0 Å². The molecule has 0 aromatic rings. The molecule has 2 aliphatic rings. The molecule has 13 heavy (non-hydrogen) atoms. The Morgan fingerprint density at radius 2 is 2.46 bits per heavy atom. The van der Waals surface area contributed by atoms with E-state index in [4.69, 9.17) is 19.9 Å². The van der Waals surface area contributed by atoms with Crippen molar-refractivity contribution in [1.29, 1.82) is 0 Å². The van der Waals surface area contributed by atoms with Gasteiger partial charge in [0.05, 0.1) is 18.4 Å². The van der Waals surface area contributed by atoms with E-state index in [-0.39, 0.29) is 6.10 Å². The Hall–Kier alpha value is -1.07. The van der Waals surface area contributed by atoms with Gasteiger partial charge in [0.1, 0.15) is 0 Å². The molecule has 0 spiro atoms. The summed E-state index contributed by atoms with van der Waals surface area (Å²) in [6, 6.07) is 0.